The second-order valence-corrected chi connectivity index (χ2v) is 18.9. The number of carbonyl (C=O) groups is 2. The summed E-state index contributed by atoms with van der Waals surface area (Å²) in [6, 6.07) is 9.65. The van der Waals surface area contributed by atoms with Gasteiger partial charge in [0.1, 0.15) is 29.7 Å². The molecule has 0 aliphatic carbocycles. The first-order chi connectivity index (χ1) is 28.5. The fraction of sp³-hybridized carbons (Fsp3) is 0.826. The quantitative estimate of drug-likeness (QED) is 0.143. The zero-order chi connectivity index (χ0) is 45.6. The van der Waals surface area contributed by atoms with Crippen molar-refractivity contribution in [3.05, 3.63) is 35.9 Å². The Labute approximate surface area is 364 Å². The molecule has 3 aliphatic rings. The van der Waals surface area contributed by atoms with Crippen molar-refractivity contribution in [1.29, 1.82) is 0 Å². The number of likely N-dealkylation sites (N-methyl/N-ethyl adjacent to an activating group) is 1. The summed E-state index contributed by atoms with van der Waals surface area (Å²) in [6.07, 6.45) is -9.10. The highest BCUT2D eigenvalue weighted by molar-refractivity contribution is 5.83. The molecule has 1 aromatic rings. The van der Waals surface area contributed by atoms with Crippen LogP contribution in [0.25, 0.3) is 0 Å². The third kappa shape index (κ3) is 12.2. The number of methoxy groups -OCH3 is 1. The molecule has 350 valence electrons. The molecule has 0 bridgehead atoms. The highest BCUT2D eigenvalue weighted by Gasteiger charge is 2.54. The maximum atomic E-state index is 14.5. The molecule has 3 fully saturated rings. The van der Waals surface area contributed by atoms with Crippen molar-refractivity contribution in [3.8, 4) is 0 Å². The topological polar surface area (TPSA) is 195 Å². The molecule has 0 unspecified atom stereocenters. The van der Waals surface area contributed by atoms with Crippen LogP contribution in [0.1, 0.15) is 100 Å². The molecule has 1 aromatic carbocycles. The number of aliphatic hydroxyl groups excluding tert-OH is 3. The van der Waals surface area contributed by atoms with Gasteiger partial charge in [-0.25, -0.2) is 0 Å². The predicted molar refractivity (Wildman–Crippen MR) is 228 cm³/mol. The Morgan fingerprint density at radius 1 is 0.885 bits per heavy atom. The van der Waals surface area contributed by atoms with Gasteiger partial charge in [0.25, 0.3) is 0 Å². The van der Waals surface area contributed by atoms with Crippen molar-refractivity contribution < 1.29 is 63.2 Å². The fourth-order valence-electron chi connectivity index (χ4n) is 9.71. The molecule has 0 aromatic heterocycles. The molecule has 4 rings (SSSR count). The fourth-order valence-corrected chi connectivity index (χ4v) is 9.71. The number of carbonyl (C=O) groups excluding carboxylic acids is 2. The Kier molecular flexibility index (Phi) is 18.3. The Balaban J connectivity index is 1.87. The van der Waals surface area contributed by atoms with Crippen LogP contribution >= 0.6 is 0 Å². The second kappa shape index (κ2) is 21.7. The number of nitrogens with one attached hydrogen (secondary N) is 1. The van der Waals surface area contributed by atoms with E-state index in [1.807, 2.05) is 70.1 Å². The Bertz CT molecular complexity index is 1540. The third-order valence-electron chi connectivity index (χ3n) is 13.7. The van der Waals surface area contributed by atoms with Crippen LogP contribution in [-0.2, 0) is 49.3 Å². The Hall–Kier alpha value is -2.12. The number of nitrogens with zero attached hydrogens (tertiary/aromatic N) is 1. The van der Waals surface area contributed by atoms with Crippen molar-refractivity contribution in [2.75, 3.05) is 34.4 Å². The molecule has 61 heavy (non-hydrogen) atoms. The molecule has 3 heterocycles. The van der Waals surface area contributed by atoms with Crippen LogP contribution in [0.2, 0.25) is 0 Å². The van der Waals surface area contributed by atoms with Crippen molar-refractivity contribution in [1.82, 2.24) is 10.2 Å². The minimum absolute atomic E-state index is 0.0852. The van der Waals surface area contributed by atoms with Gasteiger partial charge in [-0.15, -0.1) is 0 Å². The number of hydrogen-bond acceptors (Lipinski definition) is 15. The van der Waals surface area contributed by atoms with Gasteiger partial charge in [0, 0.05) is 50.4 Å². The number of Topliss-reactive ketones (excluding diaryl/α,β-unsaturated/α-hetero) is 1. The second-order valence-electron chi connectivity index (χ2n) is 18.9. The van der Waals surface area contributed by atoms with Gasteiger partial charge in [-0.1, -0.05) is 58.0 Å². The van der Waals surface area contributed by atoms with E-state index in [0.29, 0.717) is 19.5 Å². The largest absolute Gasteiger partial charge is 0.459 e. The monoisotopic (exact) mass is 867 g/mol. The SMILES string of the molecule is CC[C@H]1OC(=O)[C@H](C)[C@@H](O[C@H]2C[C@@](C)(OC)[C@@H](O)[C@H](C)O2)[C@H](C)[C@@H](O[C@@H]2O[C@H](C)C[C@H](N(C)C)[C@H]2O)[C@@](C)(OCCNCc2ccccc2)C[C@@H](C)C(=O)[C@H](C)[C@@H](O)[C@]1(C)O. The predicted octanol–water partition coefficient (Wildman–Crippen LogP) is 3.60. The normalized spacial score (nSPS) is 43.5. The summed E-state index contributed by atoms with van der Waals surface area (Å²) >= 11 is 0. The van der Waals surface area contributed by atoms with Gasteiger partial charge >= 0.3 is 5.97 Å². The number of hydrogen-bond donors (Lipinski definition) is 5. The van der Waals surface area contributed by atoms with E-state index in [0.717, 1.165) is 5.56 Å². The first-order valence-electron chi connectivity index (χ1n) is 22.2. The van der Waals surface area contributed by atoms with Crippen molar-refractivity contribution >= 4 is 11.8 Å². The minimum atomic E-state index is -1.99. The number of benzene rings is 1. The van der Waals surface area contributed by atoms with Crippen LogP contribution < -0.4 is 5.32 Å². The van der Waals surface area contributed by atoms with Gasteiger partial charge < -0.3 is 63.8 Å². The van der Waals surface area contributed by atoms with Gasteiger partial charge in [0.05, 0.1) is 54.2 Å². The maximum Gasteiger partial charge on any atom is 0.311 e. The lowest BCUT2D eigenvalue weighted by Gasteiger charge is -2.50. The van der Waals surface area contributed by atoms with Gasteiger partial charge in [-0.2, -0.15) is 0 Å². The molecular formula is C46H78N2O13. The highest BCUT2D eigenvalue weighted by Crippen LogP contribution is 2.42. The molecule has 5 N–H and O–H groups in total. The van der Waals surface area contributed by atoms with Crippen LogP contribution in [0.15, 0.2) is 30.3 Å². The van der Waals surface area contributed by atoms with Crippen molar-refractivity contribution in [2.24, 2.45) is 23.7 Å². The number of esters is 1. The zero-order valence-corrected chi connectivity index (χ0v) is 38.9. The lowest BCUT2D eigenvalue weighted by atomic mass is 9.73. The zero-order valence-electron chi connectivity index (χ0n) is 38.9. The summed E-state index contributed by atoms with van der Waals surface area (Å²) < 4.78 is 45.3. The van der Waals surface area contributed by atoms with E-state index in [2.05, 4.69) is 5.32 Å². The van der Waals surface area contributed by atoms with Gasteiger partial charge in [0.15, 0.2) is 12.6 Å². The standard InChI is InChI=1S/C46H78N2O13/c1-14-34-46(10,54)39(51)28(4)36(49)26(2)23-45(9,56-21-20-47-25-32-18-16-15-17-19-32)41(61-43-37(50)33(48(11)12)22-27(3)57-43)29(5)38(30(6)42(53)59-34)60-35-24-44(8,55-13)40(52)31(7)58-35/h15-19,26-31,33-35,37-41,43,47,50-52,54H,14,20-25H2,1-13H3/t26-,27-,28+,29+,30-,31+,33+,34-,35+,37-,38+,39-,40+,41-,43+,44-,45+,46-/m1/s1. The van der Waals surface area contributed by atoms with E-state index < -0.39 is 102 Å². The van der Waals surface area contributed by atoms with Crippen molar-refractivity contribution in [2.45, 2.75) is 186 Å². The molecule has 3 saturated heterocycles. The molecule has 15 heteroatoms. The Morgan fingerprint density at radius 2 is 1.54 bits per heavy atom. The third-order valence-corrected chi connectivity index (χ3v) is 13.7. The van der Waals surface area contributed by atoms with Gasteiger partial charge in [0.2, 0.25) is 0 Å². The maximum absolute atomic E-state index is 14.5. The highest BCUT2D eigenvalue weighted by atomic mass is 16.7. The van der Waals surface area contributed by atoms with E-state index in [9.17, 15) is 30.0 Å². The van der Waals surface area contributed by atoms with E-state index in [-0.39, 0.29) is 43.8 Å². The van der Waals surface area contributed by atoms with E-state index in [1.54, 1.807) is 41.5 Å². The number of ether oxygens (including phenoxy) is 7. The average molecular weight is 867 g/mol. The smallest absolute Gasteiger partial charge is 0.311 e. The lowest BCUT2D eigenvalue weighted by molar-refractivity contribution is -0.320. The Morgan fingerprint density at radius 3 is 2.15 bits per heavy atom. The van der Waals surface area contributed by atoms with Crippen molar-refractivity contribution in [3.63, 3.8) is 0 Å². The summed E-state index contributed by atoms with van der Waals surface area (Å²) in [6.45, 7) is 18.4. The summed E-state index contributed by atoms with van der Waals surface area (Å²) in [4.78, 5) is 30.8. The summed E-state index contributed by atoms with van der Waals surface area (Å²) in [5.74, 6) is -4.63. The van der Waals surface area contributed by atoms with Gasteiger partial charge in [-0.3, -0.25) is 9.59 Å². The van der Waals surface area contributed by atoms with Crippen LogP contribution in [0.4, 0.5) is 0 Å². The van der Waals surface area contributed by atoms with Crippen LogP contribution in [0.5, 0.6) is 0 Å². The van der Waals surface area contributed by atoms with Crippen LogP contribution in [0.3, 0.4) is 0 Å². The minimum Gasteiger partial charge on any atom is -0.459 e. The van der Waals surface area contributed by atoms with E-state index in [1.165, 1.54) is 14.0 Å². The molecule has 0 amide bonds. The number of ketones is 1. The molecule has 0 spiro atoms. The van der Waals surface area contributed by atoms with Gasteiger partial charge in [-0.05, 0) is 80.5 Å². The van der Waals surface area contributed by atoms with E-state index >= 15 is 0 Å². The van der Waals surface area contributed by atoms with Crippen LogP contribution in [0, 0.1) is 23.7 Å². The molecule has 3 aliphatic heterocycles. The molecular weight excluding hydrogens is 789 g/mol. The lowest BCUT2D eigenvalue weighted by Crippen LogP contribution is -2.61. The number of aliphatic hydroxyl groups is 4. The molecule has 18 atom stereocenters. The number of rotatable bonds is 13. The molecule has 0 radical (unpaired) electrons. The molecule has 15 nitrogen and oxygen atoms in total. The average Bonchev–Trinajstić information content (AvgIpc) is 3.22. The summed E-state index contributed by atoms with van der Waals surface area (Å²) in [5.41, 5.74) is -3.27. The summed E-state index contributed by atoms with van der Waals surface area (Å²) in [5, 5.41) is 49.8. The first-order valence-corrected chi connectivity index (χ1v) is 22.2. The first kappa shape index (κ1) is 51.5. The van der Waals surface area contributed by atoms with Crippen LogP contribution in [-0.4, -0.2) is 156 Å². The molecule has 0 saturated carbocycles. The number of cyclic esters (lactones) is 1. The van der Waals surface area contributed by atoms with E-state index in [4.69, 9.17) is 33.2 Å². The summed E-state index contributed by atoms with van der Waals surface area (Å²) in [7, 11) is 5.29.